The Balaban J connectivity index is 2.64. The molecule has 0 aliphatic heterocycles. The number of amides is 1. The van der Waals surface area contributed by atoms with E-state index in [1.807, 2.05) is 6.07 Å². The maximum atomic E-state index is 11.4. The van der Waals surface area contributed by atoms with Crippen LogP contribution in [0.2, 0.25) is 5.02 Å². The minimum atomic E-state index is -0.0564. The number of anilines is 1. The highest BCUT2D eigenvalue weighted by Gasteiger charge is 2.04. The first-order valence-corrected chi connectivity index (χ1v) is 5.66. The van der Waals surface area contributed by atoms with Crippen molar-refractivity contribution in [2.45, 2.75) is 12.8 Å². The first-order chi connectivity index (χ1) is 7.13. The van der Waals surface area contributed by atoms with E-state index in [1.165, 1.54) is 0 Å². The van der Waals surface area contributed by atoms with Crippen LogP contribution in [0.25, 0.3) is 0 Å². The zero-order valence-electron chi connectivity index (χ0n) is 8.09. The number of allylic oxidation sites excluding steroid dienone is 1. The van der Waals surface area contributed by atoms with E-state index < -0.39 is 0 Å². The Labute approximate surface area is 102 Å². The van der Waals surface area contributed by atoms with E-state index in [-0.39, 0.29) is 5.91 Å². The van der Waals surface area contributed by atoms with Gasteiger partial charge >= 0.3 is 0 Å². The molecule has 0 heterocycles. The molecule has 1 aromatic carbocycles. The van der Waals surface area contributed by atoms with Gasteiger partial charge in [0, 0.05) is 10.9 Å². The number of nitrogens with one attached hydrogen (secondary N) is 1. The van der Waals surface area contributed by atoms with Gasteiger partial charge in [0.25, 0.3) is 0 Å². The zero-order chi connectivity index (χ0) is 11.3. The second-order valence-electron chi connectivity index (χ2n) is 3.00. The summed E-state index contributed by atoms with van der Waals surface area (Å²) in [5.74, 6) is -0.0564. The average Bonchev–Trinajstić information content (AvgIpc) is 2.19. The van der Waals surface area contributed by atoms with Crippen LogP contribution in [0.3, 0.4) is 0 Å². The molecule has 0 aliphatic carbocycles. The van der Waals surface area contributed by atoms with Crippen LogP contribution >= 0.6 is 27.5 Å². The molecule has 0 spiro atoms. The van der Waals surface area contributed by atoms with Crippen molar-refractivity contribution in [3.05, 3.63) is 40.3 Å². The first-order valence-electron chi connectivity index (χ1n) is 4.49. The van der Waals surface area contributed by atoms with Crippen LogP contribution in [0, 0.1) is 0 Å². The molecule has 1 N–H and O–H groups in total. The molecule has 0 saturated heterocycles. The van der Waals surface area contributed by atoms with Crippen LogP contribution in [0.15, 0.2) is 35.3 Å². The highest BCUT2D eigenvalue weighted by atomic mass is 79.9. The van der Waals surface area contributed by atoms with Crippen LogP contribution in [-0.2, 0) is 4.79 Å². The van der Waals surface area contributed by atoms with Crippen molar-refractivity contribution in [3.8, 4) is 0 Å². The lowest BCUT2D eigenvalue weighted by atomic mass is 10.2. The predicted octanol–water partition coefficient (Wildman–Crippen LogP) is 4.01. The van der Waals surface area contributed by atoms with Crippen LogP contribution in [0.5, 0.6) is 0 Å². The van der Waals surface area contributed by atoms with Crippen LogP contribution in [0.1, 0.15) is 12.8 Å². The van der Waals surface area contributed by atoms with Gasteiger partial charge in [0.1, 0.15) is 0 Å². The lowest BCUT2D eigenvalue weighted by molar-refractivity contribution is -0.116. The van der Waals surface area contributed by atoms with Gasteiger partial charge in [-0.25, -0.2) is 0 Å². The van der Waals surface area contributed by atoms with Gasteiger partial charge in [-0.15, -0.1) is 6.58 Å². The first kappa shape index (κ1) is 12.3. The summed E-state index contributed by atoms with van der Waals surface area (Å²) in [4.78, 5) is 11.4. The second kappa shape index (κ2) is 5.93. The van der Waals surface area contributed by atoms with E-state index in [2.05, 4.69) is 27.8 Å². The number of hydrogen-bond acceptors (Lipinski definition) is 1. The Kier molecular flexibility index (Phi) is 4.85. The van der Waals surface area contributed by atoms with E-state index in [0.29, 0.717) is 23.6 Å². The number of benzene rings is 1. The van der Waals surface area contributed by atoms with Gasteiger partial charge in [-0.3, -0.25) is 4.79 Å². The summed E-state index contributed by atoms with van der Waals surface area (Å²) in [5.41, 5.74) is 0.633. The highest BCUT2D eigenvalue weighted by Crippen LogP contribution is 2.25. The van der Waals surface area contributed by atoms with Crippen molar-refractivity contribution in [1.29, 1.82) is 0 Å². The third kappa shape index (κ3) is 4.06. The van der Waals surface area contributed by atoms with Crippen molar-refractivity contribution >= 4 is 39.1 Å². The maximum Gasteiger partial charge on any atom is 0.224 e. The summed E-state index contributed by atoms with van der Waals surface area (Å²) in [6, 6.07) is 5.33. The monoisotopic (exact) mass is 287 g/mol. The van der Waals surface area contributed by atoms with E-state index in [1.54, 1.807) is 18.2 Å². The van der Waals surface area contributed by atoms with Gasteiger partial charge < -0.3 is 5.32 Å². The molecule has 0 fully saturated rings. The lowest BCUT2D eigenvalue weighted by Gasteiger charge is -2.06. The van der Waals surface area contributed by atoms with Crippen molar-refractivity contribution < 1.29 is 4.79 Å². The van der Waals surface area contributed by atoms with E-state index in [9.17, 15) is 4.79 Å². The Morgan fingerprint density at radius 1 is 1.60 bits per heavy atom. The predicted molar refractivity (Wildman–Crippen MR) is 67.2 cm³/mol. The molecular formula is C11H11BrClNO. The molecule has 0 aromatic heterocycles. The zero-order valence-corrected chi connectivity index (χ0v) is 10.4. The molecule has 0 bridgehead atoms. The molecule has 1 rings (SSSR count). The van der Waals surface area contributed by atoms with Crippen LogP contribution in [-0.4, -0.2) is 5.91 Å². The summed E-state index contributed by atoms with van der Waals surface area (Å²) >= 11 is 9.24. The average molecular weight is 289 g/mol. The Morgan fingerprint density at radius 2 is 2.33 bits per heavy atom. The lowest BCUT2D eigenvalue weighted by Crippen LogP contribution is -2.10. The van der Waals surface area contributed by atoms with E-state index in [0.717, 1.165) is 4.47 Å². The quantitative estimate of drug-likeness (QED) is 0.833. The Bertz CT molecular complexity index is 379. The molecule has 1 aromatic rings. The van der Waals surface area contributed by atoms with Crippen LogP contribution < -0.4 is 5.32 Å². The number of hydrogen-bond donors (Lipinski definition) is 1. The van der Waals surface area contributed by atoms with Gasteiger partial charge in [-0.1, -0.05) is 33.6 Å². The number of rotatable bonds is 4. The molecule has 0 aliphatic rings. The normalized spacial score (nSPS) is 9.73. The highest BCUT2D eigenvalue weighted by molar-refractivity contribution is 9.10. The fourth-order valence-electron chi connectivity index (χ4n) is 1.04. The van der Waals surface area contributed by atoms with Gasteiger partial charge in [0.2, 0.25) is 5.91 Å². The topological polar surface area (TPSA) is 29.1 Å². The van der Waals surface area contributed by atoms with Gasteiger partial charge in [-0.2, -0.15) is 0 Å². The SMILES string of the molecule is C=CCCC(=O)Nc1ccc(Br)cc1Cl. The van der Waals surface area contributed by atoms with Crippen molar-refractivity contribution in [2.24, 2.45) is 0 Å². The minimum absolute atomic E-state index is 0.0564. The molecule has 0 radical (unpaired) electrons. The summed E-state index contributed by atoms with van der Waals surface area (Å²) in [6.45, 7) is 3.56. The summed E-state index contributed by atoms with van der Waals surface area (Å²) in [7, 11) is 0. The Morgan fingerprint density at radius 3 is 2.93 bits per heavy atom. The summed E-state index contributed by atoms with van der Waals surface area (Å²) < 4.78 is 0.886. The minimum Gasteiger partial charge on any atom is -0.325 e. The molecule has 4 heteroatoms. The maximum absolute atomic E-state index is 11.4. The molecule has 0 atom stereocenters. The van der Waals surface area contributed by atoms with Crippen molar-refractivity contribution in [2.75, 3.05) is 5.32 Å². The molecule has 0 saturated carbocycles. The third-order valence-corrected chi connectivity index (χ3v) is 2.59. The third-order valence-electron chi connectivity index (χ3n) is 1.78. The second-order valence-corrected chi connectivity index (χ2v) is 4.32. The smallest absolute Gasteiger partial charge is 0.224 e. The summed E-state index contributed by atoms with van der Waals surface area (Å²) in [5, 5.41) is 3.26. The molecular weight excluding hydrogens is 277 g/mol. The number of carbonyl (C=O) groups excluding carboxylic acids is 1. The van der Waals surface area contributed by atoms with Crippen molar-refractivity contribution in [3.63, 3.8) is 0 Å². The fraction of sp³-hybridized carbons (Fsp3) is 0.182. The van der Waals surface area contributed by atoms with E-state index in [4.69, 9.17) is 11.6 Å². The molecule has 15 heavy (non-hydrogen) atoms. The van der Waals surface area contributed by atoms with Crippen molar-refractivity contribution in [1.82, 2.24) is 0 Å². The molecule has 80 valence electrons. The fourth-order valence-corrected chi connectivity index (χ4v) is 1.76. The standard InChI is InChI=1S/C11H11BrClNO/c1-2-3-4-11(15)14-10-6-5-8(12)7-9(10)13/h2,5-7H,1,3-4H2,(H,14,15). The van der Waals surface area contributed by atoms with Gasteiger partial charge in [0.05, 0.1) is 10.7 Å². The van der Waals surface area contributed by atoms with Crippen LogP contribution in [0.4, 0.5) is 5.69 Å². The molecule has 2 nitrogen and oxygen atoms in total. The van der Waals surface area contributed by atoms with Gasteiger partial charge in [-0.05, 0) is 24.6 Å². The Hall–Kier alpha value is -0.800. The molecule has 1 amide bonds. The number of halogens is 2. The summed E-state index contributed by atoms with van der Waals surface area (Å²) in [6.07, 6.45) is 2.80. The number of carbonyl (C=O) groups is 1. The molecule has 0 unspecified atom stereocenters. The van der Waals surface area contributed by atoms with Gasteiger partial charge in [0.15, 0.2) is 0 Å². The van der Waals surface area contributed by atoms with E-state index >= 15 is 0 Å². The largest absolute Gasteiger partial charge is 0.325 e.